The molecule has 0 saturated heterocycles. The third kappa shape index (κ3) is 4.28. The highest BCUT2D eigenvalue weighted by Gasteiger charge is 2.20. The zero-order valence-corrected chi connectivity index (χ0v) is 16.3. The Bertz CT molecular complexity index is 929. The average Bonchev–Trinajstić information content (AvgIpc) is 2.61. The molecule has 7 nitrogen and oxygen atoms in total. The number of carbonyl (C=O) groups is 1. The van der Waals surface area contributed by atoms with Gasteiger partial charge in [0.25, 0.3) is 10.0 Å². The first-order valence-electron chi connectivity index (χ1n) is 7.80. The fourth-order valence-corrected chi connectivity index (χ4v) is 3.98. The zero-order chi connectivity index (χ0) is 18.7. The maximum Gasteiger partial charge on any atom is 0.261 e. The van der Waals surface area contributed by atoms with Gasteiger partial charge in [-0.2, -0.15) is 0 Å². The number of fused-ring (bicyclic) bond motifs is 1. The van der Waals surface area contributed by atoms with E-state index in [1.165, 1.54) is 19.1 Å². The second-order valence-electron chi connectivity index (χ2n) is 5.63. The van der Waals surface area contributed by atoms with Gasteiger partial charge in [0.1, 0.15) is 13.2 Å². The number of halogens is 1. The molecule has 2 aromatic carbocycles. The van der Waals surface area contributed by atoms with Crippen molar-refractivity contribution in [1.29, 1.82) is 0 Å². The van der Waals surface area contributed by atoms with Crippen molar-refractivity contribution in [2.75, 3.05) is 17.9 Å². The summed E-state index contributed by atoms with van der Waals surface area (Å²) in [6.45, 7) is 2.64. The number of ether oxygens (including phenoxy) is 2. The highest BCUT2D eigenvalue weighted by atomic mass is 79.9. The van der Waals surface area contributed by atoms with Crippen LogP contribution >= 0.6 is 15.9 Å². The van der Waals surface area contributed by atoms with Gasteiger partial charge >= 0.3 is 0 Å². The molecule has 2 aromatic rings. The van der Waals surface area contributed by atoms with Crippen LogP contribution in [-0.2, 0) is 21.4 Å². The minimum atomic E-state index is -3.77. The summed E-state index contributed by atoms with van der Waals surface area (Å²) in [6.07, 6.45) is 0. The van der Waals surface area contributed by atoms with Crippen LogP contribution in [0.4, 0.5) is 5.69 Å². The minimum Gasteiger partial charge on any atom is -0.486 e. The Kier molecular flexibility index (Phi) is 5.38. The third-order valence-corrected chi connectivity index (χ3v) is 5.69. The molecule has 9 heteroatoms. The van der Waals surface area contributed by atoms with Gasteiger partial charge in [0, 0.05) is 30.1 Å². The van der Waals surface area contributed by atoms with Crippen molar-refractivity contribution < 1.29 is 22.7 Å². The van der Waals surface area contributed by atoms with Crippen LogP contribution in [-0.4, -0.2) is 27.5 Å². The Morgan fingerprint density at radius 3 is 2.35 bits per heavy atom. The van der Waals surface area contributed by atoms with Crippen molar-refractivity contribution in [3.8, 4) is 11.5 Å². The van der Waals surface area contributed by atoms with E-state index in [4.69, 9.17) is 9.47 Å². The number of carbonyl (C=O) groups excluding carboxylic acids is 1. The normalized spacial score (nSPS) is 13.2. The predicted molar refractivity (Wildman–Crippen MR) is 99.9 cm³/mol. The highest BCUT2D eigenvalue weighted by molar-refractivity contribution is 9.10. The van der Waals surface area contributed by atoms with Crippen LogP contribution in [0.3, 0.4) is 0 Å². The van der Waals surface area contributed by atoms with Crippen LogP contribution < -0.4 is 19.5 Å². The fourth-order valence-electron chi connectivity index (χ4n) is 2.36. The monoisotopic (exact) mass is 440 g/mol. The van der Waals surface area contributed by atoms with E-state index in [2.05, 4.69) is 26.0 Å². The molecule has 2 N–H and O–H groups in total. The molecule has 0 bridgehead atoms. The molecular formula is C17H17BrN2O5S. The third-order valence-electron chi connectivity index (χ3n) is 3.65. The van der Waals surface area contributed by atoms with Gasteiger partial charge in [0.15, 0.2) is 11.5 Å². The van der Waals surface area contributed by atoms with Crippen LogP contribution in [0.5, 0.6) is 11.5 Å². The van der Waals surface area contributed by atoms with Crippen LogP contribution in [0.25, 0.3) is 0 Å². The van der Waals surface area contributed by atoms with Gasteiger partial charge in [-0.3, -0.25) is 9.52 Å². The van der Waals surface area contributed by atoms with Crippen molar-refractivity contribution in [3.05, 3.63) is 46.4 Å². The molecule has 0 radical (unpaired) electrons. The number of nitrogens with one attached hydrogen (secondary N) is 2. The largest absolute Gasteiger partial charge is 0.486 e. The van der Waals surface area contributed by atoms with Crippen molar-refractivity contribution in [3.63, 3.8) is 0 Å². The van der Waals surface area contributed by atoms with Crippen LogP contribution in [0.15, 0.2) is 45.8 Å². The molecule has 1 aliphatic heterocycles. The molecule has 26 heavy (non-hydrogen) atoms. The lowest BCUT2D eigenvalue weighted by atomic mass is 10.2. The summed E-state index contributed by atoms with van der Waals surface area (Å²) in [5.74, 6) is 0.906. The number of amides is 1. The summed E-state index contributed by atoms with van der Waals surface area (Å²) < 4.78 is 39.3. The van der Waals surface area contributed by atoms with Gasteiger partial charge in [0.05, 0.1) is 10.6 Å². The van der Waals surface area contributed by atoms with Gasteiger partial charge in [-0.25, -0.2) is 8.42 Å². The van der Waals surface area contributed by atoms with E-state index in [1.807, 2.05) is 0 Å². The molecule has 1 aliphatic rings. The van der Waals surface area contributed by atoms with E-state index in [1.54, 1.807) is 24.3 Å². The van der Waals surface area contributed by atoms with E-state index < -0.39 is 10.0 Å². The van der Waals surface area contributed by atoms with Crippen LogP contribution in [0, 0.1) is 0 Å². The summed E-state index contributed by atoms with van der Waals surface area (Å²) in [5, 5.41) is 2.66. The SMILES string of the molecule is CC(=O)NCc1ccc(S(=O)(=O)Nc2cc3c(cc2Br)OCCO3)cc1. The van der Waals surface area contributed by atoms with Crippen molar-refractivity contribution in [2.45, 2.75) is 18.4 Å². The maximum atomic E-state index is 12.6. The van der Waals surface area contributed by atoms with Crippen LogP contribution in [0.2, 0.25) is 0 Å². The first-order chi connectivity index (χ1) is 12.3. The van der Waals surface area contributed by atoms with E-state index in [0.29, 0.717) is 41.4 Å². The van der Waals surface area contributed by atoms with Gasteiger partial charge in [-0.1, -0.05) is 12.1 Å². The first kappa shape index (κ1) is 18.5. The molecular weight excluding hydrogens is 424 g/mol. The standard InChI is InChI=1S/C17H17BrN2O5S/c1-11(21)19-10-12-2-4-13(5-3-12)26(22,23)20-15-9-17-16(8-14(15)18)24-6-7-25-17/h2-5,8-9,20H,6-7,10H2,1H3,(H,19,21). The fraction of sp³-hybridized carbons (Fsp3) is 0.235. The summed E-state index contributed by atoms with van der Waals surface area (Å²) in [7, 11) is -3.77. The number of anilines is 1. The number of hydrogen-bond acceptors (Lipinski definition) is 5. The Hall–Kier alpha value is -2.26. The van der Waals surface area contributed by atoms with Crippen LogP contribution in [0.1, 0.15) is 12.5 Å². The van der Waals surface area contributed by atoms with Gasteiger partial charge in [0.2, 0.25) is 5.91 Å². The van der Waals surface area contributed by atoms with E-state index in [9.17, 15) is 13.2 Å². The molecule has 0 unspecified atom stereocenters. The molecule has 0 fully saturated rings. The smallest absolute Gasteiger partial charge is 0.261 e. The van der Waals surface area contributed by atoms with Gasteiger partial charge in [-0.15, -0.1) is 0 Å². The number of benzene rings is 2. The Morgan fingerprint density at radius 2 is 1.73 bits per heavy atom. The predicted octanol–water partition coefficient (Wildman–Crippen LogP) is 2.66. The molecule has 0 aromatic heterocycles. The maximum absolute atomic E-state index is 12.6. The summed E-state index contributed by atoms with van der Waals surface area (Å²) in [6, 6.07) is 9.55. The second kappa shape index (κ2) is 7.55. The molecule has 3 rings (SSSR count). The first-order valence-corrected chi connectivity index (χ1v) is 10.1. The Morgan fingerprint density at radius 1 is 1.12 bits per heavy atom. The molecule has 0 spiro atoms. The molecule has 1 heterocycles. The second-order valence-corrected chi connectivity index (χ2v) is 8.17. The average molecular weight is 441 g/mol. The quantitative estimate of drug-likeness (QED) is 0.744. The number of sulfonamides is 1. The highest BCUT2D eigenvalue weighted by Crippen LogP contribution is 2.38. The van der Waals surface area contributed by atoms with E-state index >= 15 is 0 Å². The number of rotatable bonds is 5. The lowest BCUT2D eigenvalue weighted by molar-refractivity contribution is -0.119. The molecule has 1 amide bonds. The molecule has 0 aliphatic carbocycles. The van der Waals surface area contributed by atoms with E-state index in [-0.39, 0.29) is 10.8 Å². The lowest BCUT2D eigenvalue weighted by Gasteiger charge is -2.20. The topological polar surface area (TPSA) is 93.7 Å². The van der Waals surface area contributed by atoms with Gasteiger partial charge in [-0.05, 0) is 33.6 Å². The lowest BCUT2D eigenvalue weighted by Crippen LogP contribution is -2.19. The summed E-state index contributed by atoms with van der Waals surface area (Å²) in [5.41, 5.74) is 1.16. The summed E-state index contributed by atoms with van der Waals surface area (Å²) >= 11 is 3.34. The Labute approximate surface area is 159 Å². The molecule has 0 atom stereocenters. The van der Waals surface area contributed by atoms with Gasteiger partial charge < -0.3 is 14.8 Å². The number of hydrogen-bond donors (Lipinski definition) is 2. The van der Waals surface area contributed by atoms with E-state index in [0.717, 1.165) is 5.56 Å². The van der Waals surface area contributed by atoms with Crippen molar-refractivity contribution in [2.24, 2.45) is 0 Å². The Balaban J connectivity index is 1.79. The zero-order valence-electron chi connectivity index (χ0n) is 13.9. The molecule has 0 saturated carbocycles. The minimum absolute atomic E-state index is 0.117. The molecule has 138 valence electrons. The van der Waals surface area contributed by atoms with Crippen molar-refractivity contribution >= 4 is 37.5 Å². The van der Waals surface area contributed by atoms with Crippen molar-refractivity contribution in [1.82, 2.24) is 5.32 Å². The summed E-state index contributed by atoms with van der Waals surface area (Å²) in [4.78, 5) is 11.1.